The van der Waals surface area contributed by atoms with Crippen molar-refractivity contribution in [1.29, 1.82) is 0 Å². The Hall–Kier alpha value is -0.0800. The largest absolute Gasteiger partial charge is 0.393 e. The smallest absolute Gasteiger partial charge is 0.0543 e. The number of hydrogen-bond donors (Lipinski definition) is 2. The van der Waals surface area contributed by atoms with E-state index in [1.54, 1.807) is 0 Å². The normalized spacial score (nSPS) is 60.0. The van der Waals surface area contributed by atoms with Gasteiger partial charge in [-0.05, 0) is 92.3 Å². The molecule has 4 aliphatic rings. The van der Waals surface area contributed by atoms with Gasteiger partial charge in [-0.15, -0.1) is 0 Å². The van der Waals surface area contributed by atoms with Crippen LogP contribution in [0.4, 0.5) is 0 Å². The van der Waals surface area contributed by atoms with Gasteiger partial charge in [0.1, 0.15) is 0 Å². The van der Waals surface area contributed by atoms with Gasteiger partial charge in [0, 0.05) is 6.04 Å². The number of fused-ring (bicyclic) bond motifs is 5. The molecular weight excluding hydrogens is 258 g/mol. The monoisotopic (exact) mass is 291 g/mol. The molecule has 0 heterocycles. The summed E-state index contributed by atoms with van der Waals surface area (Å²) in [5.41, 5.74) is 7.43. The van der Waals surface area contributed by atoms with E-state index >= 15 is 0 Å². The van der Waals surface area contributed by atoms with E-state index < -0.39 is 0 Å². The Morgan fingerprint density at radius 3 is 2.38 bits per heavy atom. The number of aliphatic hydroxyl groups excluding tert-OH is 1. The van der Waals surface area contributed by atoms with E-state index in [1.165, 1.54) is 44.9 Å². The van der Waals surface area contributed by atoms with Crippen LogP contribution in [0, 0.1) is 34.5 Å². The maximum absolute atomic E-state index is 10.1. The highest BCUT2D eigenvalue weighted by Gasteiger charge is 2.59. The molecule has 2 unspecified atom stereocenters. The molecule has 3 N–H and O–H groups in total. The van der Waals surface area contributed by atoms with Crippen LogP contribution in [0.3, 0.4) is 0 Å². The number of nitrogens with two attached hydrogens (primary N) is 1. The highest BCUT2D eigenvalue weighted by atomic mass is 16.3. The minimum absolute atomic E-state index is 0.0200. The zero-order valence-electron chi connectivity index (χ0n) is 13.9. The van der Waals surface area contributed by atoms with Crippen LogP contribution in [-0.2, 0) is 0 Å². The lowest BCUT2D eigenvalue weighted by Crippen LogP contribution is -2.55. The van der Waals surface area contributed by atoms with E-state index in [-0.39, 0.29) is 6.10 Å². The van der Waals surface area contributed by atoms with Gasteiger partial charge in [0.2, 0.25) is 0 Å². The summed E-state index contributed by atoms with van der Waals surface area (Å²) in [4.78, 5) is 0. The summed E-state index contributed by atoms with van der Waals surface area (Å²) < 4.78 is 0. The fraction of sp³-hybridized carbons (Fsp3) is 1.00. The van der Waals surface area contributed by atoms with Crippen molar-refractivity contribution in [3.05, 3.63) is 0 Å². The molecule has 0 aromatic heterocycles. The maximum atomic E-state index is 10.1. The van der Waals surface area contributed by atoms with Gasteiger partial charge in [0.05, 0.1) is 6.10 Å². The lowest BCUT2D eigenvalue weighted by molar-refractivity contribution is -0.122. The van der Waals surface area contributed by atoms with Crippen molar-refractivity contribution >= 4 is 0 Å². The Morgan fingerprint density at radius 1 is 0.857 bits per heavy atom. The summed E-state index contributed by atoms with van der Waals surface area (Å²) in [6, 6.07) is 0.446. The van der Waals surface area contributed by atoms with Crippen LogP contribution >= 0.6 is 0 Å². The van der Waals surface area contributed by atoms with Gasteiger partial charge in [-0.25, -0.2) is 0 Å². The van der Waals surface area contributed by atoms with Crippen molar-refractivity contribution in [1.82, 2.24) is 0 Å². The lowest BCUT2D eigenvalue weighted by Gasteiger charge is -2.60. The second kappa shape index (κ2) is 4.71. The van der Waals surface area contributed by atoms with E-state index in [4.69, 9.17) is 5.73 Å². The Labute approximate surface area is 129 Å². The molecule has 0 bridgehead atoms. The zero-order chi connectivity index (χ0) is 14.8. The molecule has 4 rings (SSSR count). The van der Waals surface area contributed by atoms with Gasteiger partial charge in [-0.1, -0.05) is 13.8 Å². The third kappa shape index (κ3) is 1.91. The quantitative estimate of drug-likeness (QED) is 0.714. The van der Waals surface area contributed by atoms with Crippen LogP contribution in [0.2, 0.25) is 0 Å². The van der Waals surface area contributed by atoms with E-state index in [2.05, 4.69) is 13.8 Å². The van der Waals surface area contributed by atoms with Crippen molar-refractivity contribution in [2.45, 2.75) is 83.8 Å². The predicted molar refractivity (Wildman–Crippen MR) is 85.7 cm³/mol. The van der Waals surface area contributed by atoms with Crippen molar-refractivity contribution in [3.8, 4) is 0 Å². The molecule has 4 fully saturated rings. The van der Waals surface area contributed by atoms with E-state index in [0.29, 0.717) is 16.9 Å². The summed E-state index contributed by atoms with van der Waals surface area (Å²) in [5, 5.41) is 10.1. The molecule has 4 aliphatic carbocycles. The molecule has 2 heteroatoms. The molecule has 120 valence electrons. The molecule has 0 aliphatic heterocycles. The number of hydrogen-bond acceptors (Lipinski definition) is 2. The number of aliphatic hydroxyl groups is 1. The Balaban J connectivity index is 1.62. The topological polar surface area (TPSA) is 46.2 Å². The molecule has 0 aromatic carbocycles. The first-order valence-corrected chi connectivity index (χ1v) is 9.39. The molecule has 21 heavy (non-hydrogen) atoms. The van der Waals surface area contributed by atoms with Gasteiger partial charge in [-0.2, -0.15) is 0 Å². The SMILES string of the molecule is C[C@]12CCC(O)C[C@@H]1CC[C@@H]1[C@@H]2CC[C@]2(C)C(N)CC[C@@H]12. The van der Waals surface area contributed by atoms with E-state index in [0.717, 1.165) is 36.5 Å². The Kier molecular flexibility index (Phi) is 3.25. The predicted octanol–water partition coefficient (Wildman–Crippen LogP) is 3.72. The summed E-state index contributed by atoms with van der Waals surface area (Å²) in [7, 11) is 0. The van der Waals surface area contributed by atoms with Crippen molar-refractivity contribution in [2.75, 3.05) is 0 Å². The van der Waals surface area contributed by atoms with Gasteiger partial charge in [0.15, 0.2) is 0 Å². The fourth-order valence-electron chi connectivity index (χ4n) is 7.28. The summed E-state index contributed by atoms with van der Waals surface area (Å²) in [6.07, 6.45) is 11.5. The van der Waals surface area contributed by atoms with Crippen LogP contribution in [-0.4, -0.2) is 17.3 Å². The molecule has 4 saturated carbocycles. The molecule has 2 nitrogen and oxygen atoms in total. The van der Waals surface area contributed by atoms with Crippen LogP contribution < -0.4 is 5.73 Å². The standard InChI is InChI=1S/C19H33NO/c1-18-9-7-13(21)11-12(18)3-4-14-15-5-6-17(20)19(15,2)10-8-16(14)18/h12-17,21H,3-11,20H2,1-2H3/t12-,13?,14-,15-,16-,17?,18-,19-/m0/s1. The highest BCUT2D eigenvalue weighted by Crippen LogP contribution is 2.65. The second-order valence-corrected chi connectivity index (χ2v) is 9.31. The highest BCUT2D eigenvalue weighted by molar-refractivity contribution is 5.10. The van der Waals surface area contributed by atoms with Crippen molar-refractivity contribution in [3.63, 3.8) is 0 Å². The molecular formula is C19H33NO. The molecule has 0 radical (unpaired) electrons. The minimum atomic E-state index is -0.0200. The molecule has 0 amide bonds. The first-order chi connectivity index (χ1) is 9.95. The van der Waals surface area contributed by atoms with Crippen molar-refractivity contribution in [2.24, 2.45) is 40.2 Å². The molecule has 8 atom stereocenters. The van der Waals surface area contributed by atoms with E-state index in [9.17, 15) is 5.11 Å². The summed E-state index contributed by atoms with van der Waals surface area (Å²) in [5.74, 6) is 3.50. The average molecular weight is 291 g/mol. The van der Waals surface area contributed by atoms with Crippen LogP contribution in [0.5, 0.6) is 0 Å². The van der Waals surface area contributed by atoms with Gasteiger partial charge in [0.25, 0.3) is 0 Å². The minimum Gasteiger partial charge on any atom is -0.393 e. The lowest BCUT2D eigenvalue weighted by atomic mass is 9.45. The third-order valence-corrected chi connectivity index (χ3v) is 8.71. The average Bonchev–Trinajstić information content (AvgIpc) is 2.76. The van der Waals surface area contributed by atoms with Gasteiger partial charge >= 0.3 is 0 Å². The summed E-state index contributed by atoms with van der Waals surface area (Å²) in [6.45, 7) is 5.06. The third-order valence-electron chi connectivity index (χ3n) is 8.71. The first-order valence-electron chi connectivity index (χ1n) is 9.39. The number of rotatable bonds is 0. The maximum Gasteiger partial charge on any atom is 0.0543 e. The van der Waals surface area contributed by atoms with Gasteiger partial charge < -0.3 is 10.8 Å². The second-order valence-electron chi connectivity index (χ2n) is 9.31. The van der Waals surface area contributed by atoms with Crippen LogP contribution in [0.15, 0.2) is 0 Å². The Bertz CT molecular complexity index is 424. The van der Waals surface area contributed by atoms with Crippen LogP contribution in [0.25, 0.3) is 0 Å². The summed E-state index contributed by atoms with van der Waals surface area (Å²) >= 11 is 0. The van der Waals surface area contributed by atoms with Crippen LogP contribution in [0.1, 0.15) is 71.6 Å². The van der Waals surface area contributed by atoms with Crippen molar-refractivity contribution < 1.29 is 5.11 Å². The van der Waals surface area contributed by atoms with E-state index in [1.807, 2.05) is 0 Å². The zero-order valence-corrected chi connectivity index (χ0v) is 13.9. The molecule has 0 spiro atoms. The Morgan fingerprint density at radius 2 is 1.57 bits per heavy atom. The molecule has 0 aromatic rings. The van der Waals surface area contributed by atoms with Gasteiger partial charge in [-0.3, -0.25) is 0 Å². The molecule has 0 saturated heterocycles. The first kappa shape index (κ1) is 14.5. The fourth-order valence-corrected chi connectivity index (χ4v) is 7.28.